The topological polar surface area (TPSA) is 46.3 Å². The maximum Gasteiger partial charge on any atom is 0.227 e. The van der Waals surface area contributed by atoms with Gasteiger partial charge < -0.3 is 10.6 Å². The number of likely N-dealkylation sites (tertiary alicyclic amines) is 1. The molecule has 1 aliphatic heterocycles. The number of benzene rings is 1. The number of hydrogen-bond donors (Lipinski definition) is 1. The van der Waals surface area contributed by atoms with Crippen molar-refractivity contribution in [3.05, 3.63) is 33.8 Å². The molecule has 1 fully saturated rings. The van der Waals surface area contributed by atoms with E-state index < -0.39 is 0 Å². The predicted octanol–water partition coefficient (Wildman–Crippen LogP) is 2.49. The van der Waals surface area contributed by atoms with Crippen molar-refractivity contribution in [3.8, 4) is 0 Å². The number of amides is 1. The van der Waals surface area contributed by atoms with E-state index in [9.17, 15) is 4.79 Å². The van der Waals surface area contributed by atoms with Gasteiger partial charge >= 0.3 is 0 Å². The zero-order chi connectivity index (χ0) is 13.1. The highest BCUT2D eigenvalue weighted by Gasteiger charge is 2.27. The van der Waals surface area contributed by atoms with Crippen molar-refractivity contribution in [2.75, 3.05) is 13.1 Å². The van der Waals surface area contributed by atoms with Crippen molar-refractivity contribution in [2.24, 2.45) is 5.73 Å². The molecule has 1 aliphatic rings. The molecule has 1 saturated heterocycles. The van der Waals surface area contributed by atoms with Gasteiger partial charge in [-0.25, -0.2) is 0 Å². The molecule has 0 spiro atoms. The lowest BCUT2D eigenvalue weighted by atomic mass is 10.1. The molecule has 1 unspecified atom stereocenters. The second-order valence-electron chi connectivity index (χ2n) is 4.54. The van der Waals surface area contributed by atoms with Crippen LogP contribution in [0.2, 0.25) is 10.0 Å². The Balaban J connectivity index is 2.04. The highest BCUT2D eigenvalue weighted by atomic mass is 35.5. The minimum Gasteiger partial charge on any atom is -0.338 e. The predicted molar refractivity (Wildman–Crippen MR) is 74.0 cm³/mol. The Bertz CT molecular complexity index is 451. The summed E-state index contributed by atoms with van der Waals surface area (Å²) in [5.74, 6) is 0.112. The highest BCUT2D eigenvalue weighted by Crippen LogP contribution is 2.24. The first kappa shape index (κ1) is 13.7. The molecule has 2 N–H and O–H groups in total. The van der Waals surface area contributed by atoms with E-state index in [1.54, 1.807) is 12.1 Å². The SMILES string of the molecule is NCC1CCCN1C(=O)Cc1ccc(Cl)c(Cl)c1. The zero-order valence-electron chi connectivity index (χ0n) is 10.0. The quantitative estimate of drug-likeness (QED) is 0.928. The van der Waals surface area contributed by atoms with E-state index >= 15 is 0 Å². The maximum absolute atomic E-state index is 12.2. The number of rotatable bonds is 3. The number of nitrogens with zero attached hydrogens (tertiary/aromatic N) is 1. The van der Waals surface area contributed by atoms with E-state index in [0.29, 0.717) is 23.0 Å². The van der Waals surface area contributed by atoms with Crippen LogP contribution in [0.25, 0.3) is 0 Å². The van der Waals surface area contributed by atoms with Crippen LogP contribution < -0.4 is 5.73 Å². The van der Waals surface area contributed by atoms with Crippen molar-refractivity contribution < 1.29 is 4.79 Å². The number of carbonyl (C=O) groups excluding carboxylic acids is 1. The van der Waals surface area contributed by atoms with Crippen LogP contribution in [0, 0.1) is 0 Å². The Kier molecular flexibility index (Phi) is 4.49. The van der Waals surface area contributed by atoms with E-state index in [-0.39, 0.29) is 11.9 Å². The molecule has 0 saturated carbocycles. The van der Waals surface area contributed by atoms with Gasteiger partial charge in [-0.3, -0.25) is 4.79 Å². The van der Waals surface area contributed by atoms with Gasteiger partial charge in [0.1, 0.15) is 0 Å². The first-order valence-electron chi connectivity index (χ1n) is 6.05. The number of carbonyl (C=O) groups is 1. The second kappa shape index (κ2) is 5.91. The summed E-state index contributed by atoms with van der Waals surface area (Å²) in [7, 11) is 0. The van der Waals surface area contributed by atoms with E-state index in [0.717, 1.165) is 24.9 Å². The largest absolute Gasteiger partial charge is 0.338 e. The van der Waals surface area contributed by atoms with Crippen LogP contribution in [0.5, 0.6) is 0 Å². The summed E-state index contributed by atoms with van der Waals surface area (Å²) in [6, 6.07) is 5.49. The molecule has 2 rings (SSSR count). The molecular weight excluding hydrogens is 271 g/mol. The summed E-state index contributed by atoms with van der Waals surface area (Å²) in [4.78, 5) is 14.1. The van der Waals surface area contributed by atoms with Crippen LogP contribution in [0.4, 0.5) is 0 Å². The fraction of sp³-hybridized carbons (Fsp3) is 0.462. The molecule has 1 aromatic rings. The lowest BCUT2D eigenvalue weighted by Gasteiger charge is -2.23. The van der Waals surface area contributed by atoms with Gasteiger partial charge in [0, 0.05) is 19.1 Å². The summed E-state index contributed by atoms with van der Waals surface area (Å²) in [5, 5.41) is 0.993. The van der Waals surface area contributed by atoms with E-state index in [4.69, 9.17) is 28.9 Å². The normalized spacial score (nSPS) is 19.3. The molecule has 3 nitrogen and oxygen atoms in total. The second-order valence-corrected chi connectivity index (χ2v) is 5.36. The van der Waals surface area contributed by atoms with Gasteiger partial charge in [0.2, 0.25) is 5.91 Å². The Morgan fingerprint density at radius 3 is 2.83 bits per heavy atom. The van der Waals surface area contributed by atoms with Gasteiger partial charge in [0.15, 0.2) is 0 Å². The van der Waals surface area contributed by atoms with Gasteiger partial charge in [-0.2, -0.15) is 0 Å². The molecule has 0 radical (unpaired) electrons. The fourth-order valence-electron chi connectivity index (χ4n) is 2.33. The van der Waals surface area contributed by atoms with Crippen LogP contribution in [0.1, 0.15) is 18.4 Å². The summed E-state index contributed by atoms with van der Waals surface area (Å²) in [5.41, 5.74) is 6.55. The summed E-state index contributed by atoms with van der Waals surface area (Å²) < 4.78 is 0. The first-order valence-corrected chi connectivity index (χ1v) is 6.81. The van der Waals surface area contributed by atoms with Crippen molar-refractivity contribution >= 4 is 29.1 Å². The van der Waals surface area contributed by atoms with Gasteiger partial charge in [-0.1, -0.05) is 29.3 Å². The van der Waals surface area contributed by atoms with Gasteiger partial charge in [-0.05, 0) is 30.5 Å². The minimum atomic E-state index is 0.112. The standard InChI is InChI=1S/C13H16Cl2N2O/c14-11-4-3-9(6-12(11)15)7-13(18)17-5-1-2-10(17)8-16/h3-4,6,10H,1-2,5,7-8,16H2. The summed E-state index contributed by atoms with van der Waals surface area (Å²) >= 11 is 11.8. The molecular formula is C13H16Cl2N2O. The molecule has 1 heterocycles. The summed E-state index contributed by atoms with van der Waals surface area (Å²) in [6.07, 6.45) is 2.39. The van der Waals surface area contributed by atoms with Crippen LogP contribution >= 0.6 is 23.2 Å². The number of hydrogen-bond acceptors (Lipinski definition) is 2. The third-order valence-electron chi connectivity index (χ3n) is 3.31. The highest BCUT2D eigenvalue weighted by molar-refractivity contribution is 6.42. The Morgan fingerprint density at radius 1 is 1.39 bits per heavy atom. The van der Waals surface area contributed by atoms with Crippen LogP contribution in [-0.2, 0) is 11.2 Å². The minimum absolute atomic E-state index is 0.112. The lowest BCUT2D eigenvalue weighted by molar-refractivity contribution is -0.131. The zero-order valence-corrected chi connectivity index (χ0v) is 11.5. The molecule has 0 aliphatic carbocycles. The van der Waals surface area contributed by atoms with Crippen molar-refractivity contribution in [3.63, 3.8) is 0 Å². The molecule has 5 heteroatoms. The van der Waals surface area contributed by atoms with Crippen LogP contribution in [0.3, 0.4) is 0 Å². The van der Waals surface area contributed by atoms with E-state index in [1.807, 2.05) is 11.0 Å². The average molecular weight is 287 g/mol. The van der Waals surface area contributed by atoms with Crippen molar-refractivity contribution in [1.29, 1.82) is 0 Å². The van der Waals surface area contributed by atoms with Gasteiger partial charge in [0.05, 0.1) is 16.5 Å². The molecule has 0 bridgehead atoms. The van der Waals surface area contributed by atoms with Gasteiger partial charge in [0.25, 0.3) is 0 Å². The lowest BCUT2D eigenvalue weighted by Crippen LogP contribution is -2.40. The number of nitrogens with two attached hydrogens (primary N) is 1. The molecule has 18 heavy (non-hydrogen) atoms. The van der Waals surface area contributed by atoms with Crippen LogP contribution in [-0.4, -0.2) is 29.9 Å². The Morgan fingerprint density at radius 2 is 2.17 bits per heavy atom. The molecule has 0 aromatic heterocycles. The van der Waals surface area contributed by atoms with Crippen molar-refractivity contribution in [2.45, 2.75) is 25.3 Å². The van der Waals surface area contributed by atoms with Gasteiger partial charge in [-0.15, -0.1) is 0 Å². The maximum atomic E-state index is 12.2. The first-order chi connectivity index (χ1) is 8.61. The van der Waals surface area contributed by atoms with E-state index in [2.05, 4.69) is 0 Å². The third kappa shape index (κ3) is 2.97. The smallest absolute Gasteiger partial charge is 0.227 e. The Hall–Kier alpha value is -0.770. The average Bonchev–Trinajstić information content (AvgIpc) is 2.82. The molecule has 1 atom stereocenters. The fourth-order valence-corrected chi connectivity index (χ4v) is 2.66. The third-order valence-corrected chi connectivity index (χ3v) is 4.05. The Labute approximate surface area is 117 Å². The van der Waals surface area contributed by atoms with Crippen LogP contribution in [0.15, 0.2) is 18.2 Å². The molecule has 1 aromatic carbocycles. The summed E-state index contributed by atoms with van der Waals surface area (Å²) in [6.45, 7) is 1.34. The molecule has 1 amide bonds. The van der Waals surface area contributed by atoms with E-state index in [1.165, 1.54) is 0 Å². The molecule has 98 valence electrons. The van der Waals surface area contributed by atoms with Crippen molar-refractivity contribution in [1.82, 2.24) is 4.90 Å². The monoisotopic (exact) mass is 286 g/mol. The number of halogens is 2.